The highest BCUT2D eigenvalue weighted by molar-refractivity contribution is 7.89. The maximum Gasteiger partial charge on any atom is 0.345 e. The molecule has 1 aromatic heterocycles. The third-order valence-corrected chi connectivity index (χ3v) is 6.83. The van der Waals surface area contributed by atoms with Crippen molar-refractivity contribution in [2.45, 2.75) is 43.5 Å². The van der Waals surface area contributed by atoms with Crippen molar-refractivity contribution in [1.29, 1.82) is 0 Å². The number of sulfonamides is 1. The highest BCUT2D eigenvalue weighted by Gasteiger charge is 2.33. The van der Waals surface area contributed by atoms with Crippen LogP contribution in [0.25, 0.3) is 0 Å². The Labute approximate surface area is 158 Å². The maximum absolute atomic E-state index is 13.0. The van der Waals surface area contributed by atoms with Crippen LogP contribution >= 0.6 is 11.6 Å². The van der Waals surface area contributed by atoms with Crippen molar-refractivity contribution in [3.05, 3.63) is 45.6 Å². The Hall–Kier alpha value is -1.64. The second-order valence-electron chi connectivity index (χ2n) is 6.88. The first-order chi connectivity index (χ1) is 12.2. The highest BCUT2D eigenvalue weighted by Crippen LogP contribution is 2.30. The van der Waals surface area contributed by atoms with Crippen LogP contribution in [0.15, 0.2) is 34.0 Å². The lowest BCUT2D eigenvalue weighted by atomic mass is 9.98. The molecular formula is C17H23ClN4O3S. The standard InChI is InChI=1S/C17H23ClN4O3S/c1-12(2)22-16(19-20(3)17(22)23)13-5-4-10-21(11-13)26(24,25)15-8-6-14(18)7-9-15/h6-9,12-13H,4-5,10-11H2,1-3H3. The molecule has 1 unspecified atom stereocenters. The fraction of sp³-hybridized carbons (Fsp3) is 0.529. The Bertz CT molecular complexity index is 947. The molecule has 7 nitrogen and oxygen atoms in total. The molecule has 0 spiro atoms. The normalized spacial score (nSPS) is 19.2. The summed E-state index contributed by atoms with van der Waals surface area (Å²) in [6, 6.07) is 6.16. The van der Waals surface area contributed by atoms with Crippen molar-refractivity contribution in [3.63, 3.8) is 0 Å². The van der Waals surface area contributed by atoms with E-state index in [0.29, 0.717) is 23.9 Å². The Morgan fingerprint density at radius 2 is 1.88 bits per heavy atom. The average molecular weight is 399 g/mol. The lowest BCUT2D eigenvalue weighted by Crippen LogP contribution is -2.40. The minimum Gasteiger partial charge on any atom is -0.276 e. The van der Waals surface area contributed by atoms with Crippen molar-refractivity contribution in [2.24, 2.45) is 7.05 Å². The van der Waals surface area contributed by atoms with Crippen LogP contribution in [0.3, 0.4) is 0 Å². The molecule has 9 heteroatoms. The molecule has 1 aliphatic rings. The van der Waals surface area contributed by atoms with E-state index in [1.165, 1.54) is 21.1 Å². The van der Waals surface area contributed by atoms with Gasteiger partial charge in [0.15, 0.2) is 0 Å². The third-order valence-electron chi connectivity index (χ3n) is 4.70. The zero-order chi connectivity index (χ0) is 19.1. The zero-order valence-corrected chi connectivity index (χ0v) is 16.7. The van der Waals surface area contributed by atoms with Crippen molar-refractivity contribution in [1.82, 2.24) is 18.7 Å². The van der Waals surface area contributed by atoms with Gasteiger partial charge >= 0.3 is 5.69 Å². The summed E-state index contributed by atoms with van der Waals surface area (Å²) in [4.78, 5) is 12.6. The SMILES string of the molecule is CC(C)n1c(C2CCCN(S(=O)(=O)c3ccc(Cl)cc3)C2)nn(C)c1=O. The van der Waals surface area contributed by atoms with Crippen LogP contribution in [0.5, 0.6) is 0 Å². The van der Waals surface area contributed by atoms with Gasteiger partial charge in [-0.3, -0.25) is 4.57 Å². The Morgan fingerprint density at radius 1 is 1.23 bits per heavy atom. The summed E-state index contributed by atoms with van der Waals surface area (Å²) >= 11 is 5.86. The van der Waals surface area contributed by atoms with Crippen LogP contribution in [-0.4, -0.2) is 40.2 Å². The molecule has 26 heavy (non-hydrogen) atoms. The van der Waals surface area contributed by atoms with Gasteiger partial charge in [0, 0.05) is 37.1 Å². The van der Waals surface area contributed by atoms with E-state index in [0.717, 1.165) is 12.8 Å². The molecule has 1 fully saturated rings. The van der Waals surface area contributed by atoms with Gasteiger partial charge in [-0.05, 0) is 51.0 Å². The van der Waals surface area contributed by atoms with E-state index in [1.54, 1.807) is 23.7 Å². The summed E-state index contributed by atoms with van der Waals surface area (Å²) in [6.07, 6.45) is 1.52. The number of benzene rings is 1. The number of aryl methyl sites for hydroxylation is 1. The minimum absolute atomic E-state index is 0.0329. The van der Waals surface area contributed by atoms with Crippen LogP contribution in [-0.2, 0) is 17.1 Å². The molecular weight excluding hydrogens is 376 g/mol. The van der Waals surface area contributed by atoms with Crippen molar-refractivity contribution in [2.75, 3.05) is 13.1 Å². The lowest BCUT2D eigenvalue weighted by Gasteiger charge is -2.31. The van der Waals surface area contributed by atoms with Gasteiger partial charge in [0.1, 0.15) is 5.82 Å². The molecule has 3 rings (SSSR count). The number of hydrogen-bond acceptors (Lipinski definition) is 4. The van der Waals surface area contributed by atoms with E-state index < -0.39 is 10.0 Å². The first-order valence-electron chi connectivity index (χ1n) is 8.63. The number of nitrogens with zero attached hydrogens (tertiary/aromatic N) is 4. The molecule has 2 aromatic rings. The van der Waals surface area contributed by atoms with Gasteiger partial charge in [0.05, 0.1) is 4.90 Å². The van der Waals surface area contributed by atoms with Crippen molar-refractivity contribution < 1.29 is 8.42 Å². The van der Waals surface area contributed by atoms with E-state index in [9.17, 15) is 13.2 Å². The minimum atomic E-state index is -3.60. The molecule has 2 heterocycles. The molecule has 0 aliphatic carbocycles. The molecule has 0 N–H and O–H groups in total. The van der Waals surface area contributed by atoms with E-state index in [2.05, 4.69) is 5.10 Å². The van der Waals surface area contributed by atoms with Crippen LogP contribution in [0.2, 0.25) is 5.02 Å². The summed E-state index contributed by atoms with van der Waals surface area (Å²) in [5, 5.41) is 4.88. The second kappa shape index (κ2) is 7.17. The van der Waals surface area contributed by atoms with Crippen LogP contribution in [0.4, 0.5) is 0 Å². The Balaban J connectivity index is 1.92. The monoisotopic (exact) mass is 398 g/mol. The second-order valence-corrected chi connectivity index (χ2v) is 9.26. The largest absolute Gasteiger partial charge is 0.345 e. The Morgan fingerprint density at radius 3 is 2.50 bits per heavy atom. The van der Waals surface area contributed by atoms with Gasteiger partial charge in [-0.2, -0.15) is 9.40 Å². The van der Waals surface area contributed by atoms with E-state index >= 15 is 0 Å². The summed E-state index contributed by atoms with van der Waals surface area (Å²) in [5.74, 6) is 0.547. The Kier molecular flexibility index (Phi) is 5.28. The van der Waals surface area contributed by atoms with Gasteiger partial charge in [-0.1, -0.05) is 11.6 Å². The fourth-order valence-electron chi connectivity index (χ4n) is 3.39. The quantitative estimate of drug-likeness (QED) is 0.792. The van der Waals surface area contributed by atoms with Gasteiger partial charge < -0.3 is 0 Å². The van der Waals surface area contributed by atoms with Crippen molar-refractivity contribution in [3.8, 4) is 0 Å². The van der Waals surface area contributed by atoms with Crippen molar-refractivity contribution >= 4 is 21.6 Å². The highest BCUT2D eigenvalue weighted by atomic mass is 35.5. The smallest absolute Gasteiger partial charge is 0.276 e. The number of rotatable bonds is 4. The van der Waals surface area contributed by atoms with E-state index in [1.807, 2.05) is 13.8 Å². The van der Waals surface area contributed by atoms with Gasteiger partial charge in [0.2, 0.25) is 10.0 Å². The molecule has 1 aliphatic heterocycles. The van der Waals surface area contributed by atoms with E-state index in [-0.39, 0.29) is 22.5 Å². The first-order valence-corrected chi connectivity index (χ1v) is 10.4. The maximum atomic E-state index is 13.0. The van der Waals surface area contributed by atoms with E-state index in [4.69, 9.17) is 11.6 Å². The number of aromatic nitrogens is 3. The predicted octanol–water partition coefficient (Wildman–Crippen LogP) is 2.38. The zero-order valence-electron chi connectivity index (χ0n) is 15.1. The molecule has 1 aromatic carbocycles. The summed E-state index contributed by atoms with van der Waals surface area (Å²) in [7, 11) is -1.98. The summed E-state index contributed by atoms with van der Waals surface area (Å²) in [5.41, 5.74) is -0.173. The van der Waals surface area contributed by atoms with Crippen LogP contribution in [0, 0.1) is 0 Å². The fourth-order valence-corrected chi connectivity index (χ4v) is 5.04. The topological polar surface area (TPSA) is 77.2 Å². The third kappa shape index (κ3) is 3.45. The van der Waals surface area contributed by atoms with Gasteiger partial charge in [0.25, 0.3) is 0 Å². The van der Waals surface area contributed by atoms with Gasteiger partial charge in [-0.15, -0.1) is 0 Å². The molecule has 1 atom stereocenters. The number of piperidine rings is 1. The molecule has 0 saturated carbocycles. The predicted molar refractivity (Wildman–Crippen MR) is 100 cm³/mol. The molecule has 142 valence electrons. The summed E-state index contributed by atoms with van der Waals surface area (Å²) in [6.45, 7) is 4.63. The number of halogens is 1. The molecule has 1 saturated heterocycles. The molecule has 0 amide bonds. The number of hydrogen-bond donors (Lipinski definition) is 0. The molecule has 0 bridgehead atoms. The average Bonchev–Trinajstić information content (AvgIpc) is 2.91. The van der Waals surface area contributed by atoms with Gasteiger partial charge in [-0.25, -0.2) is 17.9 Å². The summed E-state index contributed by atoms with van der Waals surface area (Å²) < 4.78 is 30.4. The first kappa shape index (κ1) is 19.1. The van der Waals surface area contributed by atoms with Crippen LogP contribution in [0.1, 0.15) is 44.5 Å². The van der Waals surface area contributed by atoms with Crippen LogP contribution < -0.4 is 5.69 Å². The lowest BCUT2D eigenvalue weighted by molar-refractivity contribution is 0.301. The molecule has 0 radical (unpaired) electrons.